The summed E-state index contributed by atoms with van der Waals surface area (Å²) in [6.45, 7) is 11.2. The van der Waals surface area contributed by atoms with Crippen molar-refractivity contribution in [1.29, 1.82) is 0 Å². The number of carbonyl (C=O) groups is 1. The third-order valence-corrected chi connectivity index (χ3v) is 5.18. The zero-order chi connectivity index (χ0) is 16.1. The maximum absolute atomic E-state index is 12.3. The molecule has 0 bridgehead atoms. The number of amides is 1. The quantitative estimate of drug-likeness (QED) is 0.671. The van der Waals surface area contributed by atoms with Crippen LogP contribution < -0.4 is 0 Å². The summed E-state index contributed by atoms with van der Waals surface area (Å²) in [6.07, 6.45) is 0.856. The fourth-order valence-corrected chi connectivity index (χ4v) is 3.93. The Kier molecular flexibility index (Phi) is 6.70. The first kappa shape index (κ1) is 18.5. The zero-order valence-corrected chi connectivity index (χ0v) is 14.7. The average Bonchev–Trinajstić information content (AvgIpc) is 2.24. The molecule has 124 valence electrons. The molecule has 1 heterocycles. The number of ether oxygens (including phenoxy) is 1. The van der Waals surface area contributed by atoms with Crippen LogP contribution in [0.5, 0.6) is 0 Å². The van der Waals surface area contributed by atoms with Crippen LogP contribution in [0.3, 0.4) is 0 Å². The zero-order valence-electron chi connectivity index (χ0n) is 13.8. The number of hydrogen-bond acceptors (Lipinski definition) is 5. The van der Waals surface area contributed by atoms with E-state index in [9.17, 15) is 9.36 Å². The molecular formula is C14H28NO5P. The van der Waals surface area contributed by atoms with Crippen molar-refractivity contribution in [2.45, 2.75) is 46.6 Å². The molecule has 21 heavy (non-hydrogen) atoms. The van der Waals surface area contributed by atoms with Gasteiger partial charge in [0.15, 0.2) is 0 Å². The summed E-state index contributed by atoms with van der Waals surface area (Å²) in [5, 5.41) is 0. The standard InChI is InChI=1S/C14H28NO5P/c1-6-18-21(17,19-7-2)9-8-12-10-15(11-12)13(16)20-14(3,4)5/h12H,6-11H2,1-5H3. The predicted molar refractivity (Wildman–Crippen MR) is 81.6 cm³/mol. The fraction of sp³-hybridized carbons (Fsp3) is 0.929. The van der Waals surface area contributed by atoms with Gasteiger partial charge in [-0.1, -0.05) is 0 Å². The molecule has 0 spiro atoms. The minimum absolute atomic E-state index is 0.281. The van der Waals surface area contributed by atoms with Gasteiger partial charge >= 0.3 is 13.7 Å². The number of rotatable bonds is 7. The van der Waals surface area contributed by atoms with Crippen molar-refractivity contribution in [1.82, 2.24) is 4.90 Å². The molecule has 0 aromatic rings. The van der Waals surface area contributed by atoms with Crippen molar-refractivity contribution in [3.63, 3.8) is 0 Å². The van der Waals surface area contributed by atoms with E-state index in [2.05, 4.69) is 0 Å². The van der Waals surface area contributed by atoms with E-state index >= 15 is 0 Å². The first-order valence-corrected chi connectivity index (χ1v) is 9.28. The molecule has 0 aromatic heterocycles. The minimum Gasteiger partial charge on any atom is -0.444 e. The van der Waals surface area contributed by atoms with Crippen LogP contribution in [-0.4, -0.2) is 49.1 Å². The van der Waals surface area contributed by atoms with Gasteiger partial charge < -0.3 is 18.7 Å². The van der Waals surface area contributed by atoms with E-state index in [1.54, 1.807) is 18.7 Å². The van der Waals surface area contributed by atoms with Gasteiger partial charge in [-0.05, 0) is 47.0 Å². The van der Waals surface area contributed by atoms with Gasteiger partial charge in [0, 0.05) is 13.1 Å². The number of carbonyl (C=O) groups excluding carboxylic acids is 1. The molecule has 1 rings (SSSR count). The molecule has 0 unspecified atom stereocenters. The van der Waals surface area contributed by atoms with Crippen LogP contribution in [0.2, 0.25) is 0 Å². The van der Waals surface area contributed by atoms with E-state index in [4.69, 9.17) is 13.8 Å². The Bertz CT molecular complexity index is 377. The minimum atomic E-state index is -2.96. The normalized spacial score (nSPS) is 16.7. The number of hydrogen-bond donors (Lipinski definition) is 0. The lowest BCUT2D eigenvalue weighted by atomic mass is 9.98. The predicted octanol–water partition coefficient (Wildman–Crippen LogP) is 3.51. The molecule has 0 aromatic carbocycles. The van der Waals surface area contributed by atoms with E-state index in [-0.39, 0.29) is 6.09 Å². The van der Waals surface area contributed by atoms with Gasteiger partial charge in [-0.3, -0.25) is 4.57 Å². The summed E-state index contributed by atoms with van der Waals surface area (Å²) in [5.74, 6) is 0.340. The van der Waals surface area contributed by atoms with Gasteiger partial charge in [0.1, 0.15) is 5.60 Å². The SMILES string of the molecule is CCOP(=O)(CCC1CN(C(=O)OC(C)(C)C)C1)OCC. The molecule has 7 heteroatoms. The molecule has 1 saturated heterocycles. The Morgan fingerprint density at radius 1 is 1.19 bits per heavy atom. The second-order valence-corrected chi connectivity index (χ2v) is 8.40. The molecule has 1 amide bonds. The van der Waals surface area contributed by atoms with Crippen molar-refractivity contribution in [3.05, 3.63) is 0 Å². The van der Waals surface area contributed by atoms with Crippen molar-refractivity contribution >= 4 is 13.7 Å². The highest BCUT2D eigenvalue weighted by Crippen LogP contribution is 2.49. The second kappa shape index (κ2) is 7.61. The van der Waals surface area contributed by atoms with Crippen LogP contribution in [0.15, 0.2) is 0 Å². The molecule has 1 fully saturated rings. The number of nitrogens with zero attached hydrogens (tertiary/aromatic N) is 1. The highest BCUT2D eigenvalue weighted by Gasteiger charge is 2.35. The van der Waals surface area contributed by atoms with E-state index in [1.807, 2.05) is 20.8 Å². The fourth-order valence-electron chi connectivity index (χ4n) is 2.13. The molecular weight excluding hydrogens is 293 g/mol. The van der Waals surface area contributed by atoms with Crippen molar-refractivity contribution in [2.75, 3.05) is 32.5 Å². The first-order valence-electron chi connectivity index (χ1n) is 7.55. The Morgan fingerprint density at radius 3 is 2.14 bits per heavy atom. The van der Waals surface area contributed by atoms with Gasteiger partial charge in [-0.25, -0.2) is 4.79 Å². The summed E-state index contributed by atoms with van der Waals surface area (Å²) in [6, 6.07) is 0. The second-order valence-electron chi connectivity index (χ2n) is 6.21. The topological polar surface area (TPSA) is 65.1 Å². The molecule has 6 nitrogen and oxygen atoms in total. The van der Waals surface area contributed by atoms with Gasteiger partial charge in [-0.2, -0.15) is 0 Å². The Balaban J connectivity index is 2.31. The van der Waals surface area contributed by atoms with E-state index < -0.39 is 13.2 Å². The lowest BCUT2D eigenvalue weighted by molar-refractivity contribution is -0.00144. The molecule has 0 radical (unpaired) electrons. The molecule has 1 aliphatic heterocycles. The van der Waals surface area contributed by atoms with Gasteiger partial charge in [-0.15, -0.1) is 0 Å². The van der Waals surface area contributed by atoms with Crippen LogP contribution in [0, 0.1) is 5.92 Å². The van der Waals surface area contributed by atoms with Crippen LogP contribution in [-0.2, 0) is 18.3 Å². The largest absolute Gasteiger partial charge is 0.444 e. The summed E-state index contributed by atoms with van der Waals surface area (Å²) in [4.78, 5) is 13.5. The van der Waals surface area contributed by atoms with Gasteiger partial charge in [0.2, 0.25) is 0 Å². The summed E-state index contributed by atoms with van der Waals surface area (Å²) >= 11 is 0. The summed E-state index contributed by atoms with van der Waals surface area (Å²) in [5.41, 5.74) is -0.470. The van der Waals surface area contributed by atoms with Crippen molar-refractivity contribution in [3.8, 4) is 0 Å². The third kappa shape index (κ3) is 6.37. The van der Waals surface area contributed by atoms with Crippen LogP contribution >= 0.6 is 7.60 Å². The molecule has 0 atom stereocenters. The maximum Gasteiger partial charge on any atom is 0.410 e. The monoisotopic (exact) mass is 321 g/mol. The molecule has 1 aliphatic rings. The van der Waals surface area contributed by atoms with Gasteiger partial charge in [0.25, 0.3) is 0 Å². The van der Waals surface area contributed by atoms with Gasteiger partial charge in [0.05, 0.1) is 19.4 Å². The Labute approximate surface area is 127 Å². The van der Waals surface area contributed by atoms with Crippen molar-refractivity contribution in [2.24, 2.45) is 5.92 Å². The van der Waals surface area contributed by atoms with E-state index in [0.29, 0.717) is 38.4 Å². The highest BCUT2D eigenvalue weighted by atomic mass is 31.2. The summed E-state index contributed by atoms with van der Waals surface area (Å²) < 4.78 is 28.1. The smallest absolute Gasteiger partial charge is 0.410 e. The van der Waals surface area contributed by atoms with E-state index in [1.165, 1.54) is 0 Å². The number of likely N-dealkylation sites (tertiary alicyclic amines) is 1. The molecule has 0 aliphatic carbocycles. The molecule has 0 saturated carbocycles. The lowest BCUT2D eigenvalue weighted by Crippen LogP contribution is -2.51. The van der Waals surface area contributed by atoms with Crippen molar-refractivity contribution < 1.29 is 23.1 Å². The highest BCUT2D eigenvalue weighted by molar-refractivity contribution is 7.53. The maximum atomic E-state index is 12.3. The van der Waals surface area contributed by atoms with Crippen LogP contribution in [0.25, 0.3) is 0 Å². The summed E-state index contributed by atoms with van der Waals surface area (Å²) in [7, 11) is -2.96. The third-order valence-electron chi connectivity index (χ3n) is 3.07. The Hall–Kier alpha value is -0.580. The van der Waals surface area contributed by atoms with Crippen LogP contribution in [0.1, 0.15) is 41.0 Å². The Morgan fingerprint density at radius 2 is 1.71 bits per heavy atom. The average molecular weight is 321 g/mol. The van der Waals surface area contributed by atoms with Crippen LogP contribution in [0.4, 0.5) is 4.79 Å². The first-order chi connectivity index (χ1) is 9.69. The van der Waals surface area contributed by atoms with E-state index in [0.717, 1.165) is 6.42 Å². The molecule has 0 N–H and O–H groups in total. The lowest BCUT2D eigenvalue weighted by Gasteiger charge is -2.40.